The zero-order chi connectivity index (χ0) is 22.4. The van der Waals surface area contributed by atoms with Crippen LogP contribution in [0.3, 0.4) is 0 Å². The molecular formula is C22H25NO9. The zero-order valence-electron chi connectivity index (χ0n) is 17.0. The number of hydrogen-bond acceptors (Lipinski definition) is 9. The molecular weight excluding hydrogens is 422 g/mol. The van der Waals surface area contributed by atoms with Gasteiger partial charge in [-0.1, -0.05) is 18.2 Å². The summed E-state index contributed by atoms with van der Waals surface area (Å²) in [6.45, 7) is 0.792. The molecule has 10 atom stereocenters. The number of aliphatic hydroxyl groups excluding tert-OH is 4. The summed E-state index contributed by atoms with van der Waals surface area (Å²) in [7, 11) is 0. The highest BCUT2D eigenvalue weighted by Gasteiger charge is 2.63. The summed E-state index contributed by atoms with van der Waals surface area (Å²) in [5.74, 6) is -0.652. The molecule has 0 amide bonds. The fourth-order valence-corrected chi connectivity index (χ4v) is 6.33. The summed E-state index contributed by atoms with van der Waals surface area (Å²) in [5.41, 5.74) is 1.67. The van der Waals surface area contributed by atoms with E-state index in [2.05, 4.69) is 11.4 Å². The van der Waals surface area contributed by atoms with Crippen LogP contribution in [0.5, 0.6) is 11.5 Å². The second kappa shape index (κ2) is 6.89. The van der Waals surface area contributed by atoms with Crippen molar-refractivity contribution in [3.05, 3.63) is 35.4 Å². The van der Waals surface area contributed by atoms with Crippen LogP contribution in [-0.2, 0) is 21.4 Å². The Kier molecular flexibility index (Phi) is 4.40. The number of aliphatic hydroxyl groups is 4. The normalized spacial score (nSPS) is 45.7. The molecule has 1 spiro atoms. The quantitative estimate of drug-likeness (QED) is 0.299. The fourth-order valence-electron chi connectivity index (χ4n) is 6.33. The molecule has 172 valence electrons. The number of benzene rings is 1. The van der Waals surface area contributed by atoms with Gasteiger partial charge < -0.3 is 45.1 Å². The van der Waals surface area contributed by atoms with E-state index in [9.17, 15) is 30.3 Å². The van der Waals surface area contributed by atoms with Crippen molar-refractivity contribution in [2.45, 2.75) is 67.2 Å². The second-order valence-corrected chi connectivity index (χ2v) is 9.27. The lowest BCUT2D eigenvalue weighted by Gasteiger charge is -2.53. The van der Waals surface area contributed by atoms with Crippen molar-refractivity contribution in [2.75, 3.05) is 6.54 Å². The van der Waals surface area contributed by atoms with Gasteiger partial charge in [0.05, 0.1) is 0 Å². The van der Waals surface area contributed by atoms with Gasteiger partial charge in [0.15, 0.2) is 17.6 Å². The Morgan fingerprint density at radius 3 is 2.72 bits per heavy atom. The third-order valence-electron chi connectivity index (χ3n) is 7.72. The first-order valence-corrected chi connectivity index (χ1v) is 10.8. The van der Waals surface area contributed by atoms with Crippen LogP contribution in [0.25, 0.3) is 0 Å². The summed E-state index contributed by atoms with van der Waals surface area (Å²) in [6, 6.07) is 3.82. The molecule has 3 aliphatic heterocycles. The highest BCUT2D eigenvalue weighted by Crippen LogP contribution is 2.61. The van der Waals surface area contributed by atoms with Gasteiger partial charge in [-0.2, -0.15) is 0 Å². The molecule has 1 aromatic rings. The van der Waals surface area contributed by atoms with Gasteiger partial charge in [-0.15, -0.1) is 0 Å². The maximum Gasteiger partial charge on any atom is 0.335 e. The number of rotatable bonds is 3. The van der Waals surface area contributed by atoms with Crippen molar-refractivity contribution >= 4 is 5.97 Å². The van der Waals surface area contributed by atoms with E-state index < -0.39 is 54.3 Å². The Bertz CT molecular complexity index is 998. The van der Waals surface area contributed by atoms with Crippen LogP contribution in [0.1, 0.15) is 17.5 Å². The van der Waals surface area contributed by atoms with Gasteiger partial charge in [0, 0.05) is 22.9 Å². The minimum absolute atomic E-state index is 0.151. The van der Waals surface area contributed by atoms with Crippen LogP contribution in [0.2, 0.25) is 0 Å². The number of carboxylic acid groups (broad SMARTS) is 1. The van der Waals surface area contributed by atoms with Crippen LogP contribution in [0, 0.1) is 5.92 Å². The molecule has 6 rings (SSSR count). The van der Waals surface area contributed by atoms with Gasteiger partial charge in [0.25, 0.3) is 0 Å². The van der Waals surface area contributed by atoms with E-state index in [0.717, 1.165) is 30.5 Å². The van der Waals surface area contributed by atoms with Gasteiger partial charge in [-0.3, -0.25) is 0 Å². The SMILES string of the molecule is O=C(O)[C@H]1O[C@@H](Oc2ccc3c4c2O[C@H]2[C@@H](O)C=C[C@H]5[C@@H](C3)NCC[C@@]452)[C@H](O)[C@@H](O)[C@@H]1O. The third-order valence-corrected chi connectivity index (χ3v) is 7.72. The van der Waals surface area contributed by atoms with E-state index in [1.54, 1.807) is 12.1 Å². The fraction of sp³-hybridized carbons (Fsp3) is 0.591. The Balaban J connectivity index is 1.40. The minimum Gasteiger partial charge on any atom is -0.482 e. The van der Waals surface area contributed by atoms with Crippen LogP contribution in [0.4, 0.5) is 0 Å². The Labute approximate surface area is 183 Å². The van der Waals surface area contributed by atoms with E-state index in [0.29, 0.717) is 5.75 Å². The van der Waals surface area contributed by atoms with Crippen molar-refractivity contribution < 1.29 is 44.5 Å². The number of hydrogen-bond donors (Lipinski definition) is 6. The maximum absolute atomic E-state index is 11.4. The van der Waals surface area contributed by atoms with Crippen LogP contribution in [0.15, 0.2) is 24.3 Å². The summed E-state index contributed by atoms with van der Waals surface area (Å²) < 4.78 is 17.4. The van der Waals surface area contributed by atoms with Crippen molar-refractivity contribution in [3.63, 3.8) is 0 Å². The molecule has 3 heterocycles. The first-order valence-electron chi connectivity index (χ1n) is 10.8. The van der Waals surface area contributed by atoms with Crippen molar-refractivity contribution in [2.24, 2.45) is 5.92 Å². The zero-order valence-corrected chi connectivity index (χ0v) is 17.0. The van der Waals surface area contributed by atoms with Gasteiger partial charge in [-0.05, 0) is 31.0 Å². The first-order chi connectivity index (χ1) is 15.3. The molecule has 10 heteroatoms. The van der Waals surface area contributed by atoms with E-state index in [4.69, 9.17) is 14.2 Å². The predicted octanol–water partition coefficient (Wildman–Crippen LogP) is -1.58. The molecule has 10 nitrogen and oxygen atoms in total. The summed E-state index contributed by atoms with van der Waals surface area (Å²) in [6.07, 6.45) is -4.39. The smallest absolute Gasteiger partial charge is 0.335 e. The number of carbonyl (C=O) groups is 1. The average Bonchev–Trinajstić information content (AvgIpc) is 3.11. The Hall–Kier alpha value is -2.21. The first kappa shape index (κ1) is 20.4. The molecule has 2 saturated heterocycles. The van der Waals surface area contributed by atoms with E-state index in [1.165, 1.54) is 0 Å². The van der Waals surface area contributed by atoms with Crippen molar-refractivity contribution in [3.8, 4) is 11.5 Å². The molecule has 6 N–H and O–H groups in total. The molecule has 0 saturated carbocycles. The molecule has 32 heavy (non-hydrogen) atoms. The lowest BCUT2D eigenvalue weighted by molar-refractivity contribution is -0.271. The molecule has 0 aromatic heterocycles. The molecule has 2 aliphatic carbocycles. The number of aliphatic carboxylic acids is 1. The van der Waals surface area contributed by atoms with Gasteiger partial charge in [0.2, 0.25) is 6.29 Å². The van der Waals surface area contributed by atoms with Gasteiger partial charge in [0.1, 0.15) is 30.5 Å². The molecule has 5 aliphatic rings. The van der Waals surface area contributed by atoms with E-state index >= 15 is 0 Å². The topological polar surface area (TPSA) is 158 Å². The molecule has 2 bridgehead atoms. The van der Waals surface area contributed by atoms with E-state index in [-0.39, 0.29) is 17.7 Å². The minimum atomic E-state index is -1.80. The Morgan fingerprint density at radius 1 is 1.12 bits per heavy atom. The third kappa shape index (κ3) is 2.53. The van der Waals surface area contributed by atoms with Crippen molar-refractivity contribution in [1.82, 2.24) is 5.32 Å². The Morgan fingerprint density at radius 2 is 1.94 bits per heavy atom. The van der Waals surface area contributed by atoms with E-state index in [1.807, 2.05) is 6.07 Å². The average molecular weight is 447 g/mol. The number of nitrogens with one attached hydrogen (secondary N) is 1. The van der Waals surface area contributed by atoms with Gasteiger partial charge >= 0.3 is 5.97 Å². The lowest BCUT2D eigenvalue weighted by Crippen LogP contribution is -2.64. The standard InChI is InChI=1S/C22H25NO9/c24-11-3-2-9-10-7-8-1-4-12(17-13(8)22(9,5-6-23-10)19(11)31-17)30-21-16(27)14(25)15(26)18(32-21)20(28)29/h1-4,9-11,14-16,18-19,21,23-27H,5-7H2,(H,28,29)/t9-,10+,11-,14-,15-,16+,18-,19-,21+,22-/m0/s1. The van der Waals surface area contributed by atoms with Crippen molar-refractivity contribution in [1.29, 1.82) is 0 Å². The monoisotopic (exact) mass is 447 g/mol. The molecule has 0 unspecified atom stereocenters. The number of carboxylic acids is 1. The number of ether oxygens (including phenoxy) is 3. The maximum atomic E-state index is 11.4. The van der Waals surface area contributed by atoms with Crippen LogP contribution >= 0.6 is 0 Å². The predicted molar refractivity (Wildman–Crippen MR) is 106 cm³/mol. The van der Waals surface area contributed by atoms with Gasteiger partial charge in [-0.25, -0.2) is 4.79 Å². The highest BCUT2D eigenvalue weighted by atomic mass is 16.7. The summed E-state index contributed by atoms with van der Waals surface area (Å²) in [4.78, 5) is 11.4. The second-order valence-electron chi connectivity index (χ2n) is 9.27. The number of piperidine rings is 1. The largest absolute Gasteiger partial charge is 0.482 e. The molecule has 2 fully saturated rings. The highest BCUT2D eigenvalue weighted by molar-refractivity contribution is 5.73. The molecule has 0 radical (unpaired) electrons. The lowest BCUT2D eigenvalue weighted by atomic mass is 9.54. The van der Waals surface area contributed by atoms with Crippen LogP contribution < -0.4 is 14.8 Å². The summed E-state index contributed by atoms with van der Waals surface area (Å²) >= 11 is 0. The van der Waals surface area contributed by atoms with Crippen LogP contribution in [-0.4, -0.2) is 87.0 Å². The summed E-state index contributed by atoms with van der Waals surface area (Å²) in [5, 5.41) is 54.0. The molecule has 1 aromatic carbocycles.